The molecule has 7 heteroatoms. The Labute approximate surface area is 176 Å². The fourth-order valence-electron chi connectivity index (χ4n) is 4.04. The van der Waals surface area contributed by atoms with E-state index in [1.54, 1.807) is 0 Å². The van der Waals surface area contributed by atoms with Crippen molar-refractivity contribution in [1.29, 1.82) is 0 Å². The number of likely N-dealkylation sites (tertiary alicyclic amines) is 1. The molecule has 0 spiro atoms. The zero-order valence-electron chi connectivity index (χ0n) is 16.5. The van der Waals surface area contributed by atoms with Crippen molar-refractivity contribution in [2.45, 2.75) is 31.8 Å². The lowest BCUT2D eigenvalue weighted by Gasteiger charge is -2.36. The number of hydrogen-bond donors (Lipinski definition) is 2. The third-order valence-electron chi connectivity index (χ3n) is 5.40. The molecule has 0 amide bonds. The van der Waals surface area contributed by atoms with E-state index < -0.39 is 0 Å². The van der Waals surface area contributed by atoms with E-state index in [9.17, 15) is 0 Å². The van der Waals surface area contributed by atoms with Crippen LogP contribution in [0, 0.1) is 0 Å². The second-order valence-electron chi connectivity index (χ2n) is 7.28. The predicted octanol–water partition coefficient (Wildman–Crippen LogP) is 4.54. The third kappa shape index (κ3) is 4.33. The molecule has 4 rings (SSSR count). The van der Waals surface area contributed by atoms with Crippen LogP contribution in [0.5, 0.6) is 0 Å². The Bertz CT molecular complexity index is 993. The van der Waals surface area contributed by atoms with Crippen LogP contribution in [0.4, 0.5) is 11.8 Å². The molecule has 1 aliphatic rings. The van der Waals surface area contributed by atoms with Crippen LogP contribution in [0.2, 0.25) is 5.02 Å². The standard InChI is InChI=1S/C22H25ClN6/c1-25-21-16(7-5-10-26-21)14-29-11-3-2-9-19(29)20-18(13-27-22(24)28-20)15-6-4-8-17(23)12-15/h4-8,10,12-13,19H,2-3,9,11,14H2,1H3,(H,25,26)(H2,24,27,28)/t19-/m0/s1. The minimum atomic E-state index is 0.160. The summed E-state index contributed by atoms with van der Waals surface area (Å²) in [6.45, 7) is 1.80. The molecule has 0 radical (unpaired) electrons. The first kappa shape index (κ1) is 19.6. The summed E-state index contributed by atoms with van der Waals surface area (Å²) < 4.78 is 0. The van der Waals surface area contributed by atoms with Gasteiger partial charge in [-0.15, -0.1) is 0 Å². The maximum Gasteiger partial charge on any atom is 0.220 e. The van der Waals surface area contributed by atoms with Crippen molar-refractivity contribution in [2.75, 3.05) is 24.6 Å². The van der Waals surface area contributed by atoms with E-state index in [1.165, 1.54) is 12.0 Å². The maximum absolute atomic E-state index is 6.24. The lowest BCUT2D eigenvalue weighted by atomic mass is 9.93. The van der Waals surface area contributed by atoms with Gasteiger partial charge in [0.15, 0.2) is 0 Å². The minimum absolute atomic E-state index is 0.160. The maximum atomic E-state index is 6.24. The lowest BCUT2D eigenvalue weighted by molar-refractivity contribution is 0.138. The first-order chi connectivity index (χ1) is 14.2. The van der Waals surface area contributed by atoms with Gasteiger partial charge in [0.25, 0.3) is 0 Å². The van der Waals surface area contributed by atoms with Crippen LogP contribution in [-0.2, 0) is 6.54 Å². The Hall–Kier alpha value is -2.70. The Kier molecular flexibility index (Phi) is 5.92. The van der Waals surface area contributed by atoms with E-state index in [1.807, 2.05) is 49.8 Å². The zero-order valence-corrected chi connectivity index (χ0v) is 17.2. The zero-order chi connectivity index (χ0) is 20.2. The number of nitrogens with one attached hydrogen (secondary N) is 1. The summed E-state index contributed by atoms with van der Waals surface area (Å²) in [5.41, 5.74) is 10.1. The normalized spacial score (nSPS) is 17.2. The second kappa shape index (κ2) is 8.76. The molecular formula is C22H25ClN6. The van der Waals surface area contributed by atoms with Crippen LogP contribution in [0.25, 0.3) is 11.1 Å². The largest absolute Gasteiger partial charge is 0.373 e. The molecule has 3 heterocycles. The van der Waals surface area contributed by atoms with Gasteiger partial charge >= 0.3 is 0 Å². The summed E-state index contributed by atoms with van der Waals surface area (Å²) in [5, 5.41) is 3.89. The molecule has 1 saturated heterocycles. The van der Waals surface area contributed by atoms with E-state index in [-0.39, 0.29) is 6.04 Å². The third-order valence-corrected chi connectivity index (χ3v) is 5.64. The number of pyridine rings is 1. The van der Waals surface area contributed by atoms with Crippen LogP contribution in [0.1, 0.15) is 36.6 Å². The second-order valence-corrected chi connectivity index (χ2v) is 7.72. The van der Waals surface area contributed by atoms with Crippen molar-refractivity contribution < 1.29 is 0 Å². The van der Waals surface area contributed by atoms with Crippen molar-refractivity contribution in [3.63, 3.8) is 0 Å². The SMILES string of the molecule is CNc1ncccc1CN1CCCC[C@H]1c1nc(N)ncc1-c1cccc(Cl)c1. The van der Waals surface area contributed by atoms with Gasteiger partial charge in [0, 0.05) is 42.1 Å². The molecule has 1 aliphatic heterocycles. The van der Waals surface area contributed by atoms with E-state index in [0.717, 1.165) is 48.6 Å². The fourth-order valence-corrected chi connectivity index (χ4v) is 4.23. The molecule has 1 atom stereocenters. The molecule has 0 aliphatic carbocycles. The Morgan fingerprint density at radius 1 is 1.21 bits per heavy atom. The van der Waals surface area contributed by atoms with Gasteiger partial charge < -0.3 is 11.1 Å². The molecule has 150 valence electrons. The van der Waals surface area contributed by atoms with Gasteiger partial charge in [-0.2, -0.15) is 0 Å². The molecule has 0 bridgehead atoms. The Morgan fingerprint density at radius 3 is 2.93 bits per heavy atom. The number of hydrogen-bond acceptors (Lipinski definition) is 6. The highest BCUT2D eigenvalue weighted by Crippen LogP contribution is 2.37. The Balaban J connectivity index is 1.73. The molecule has 3 aromatic rings. The van der Waals surface area contributed by atoms with Crippen LogP contribution in [-0.4, -0.2) is 33.4 Å². The highest BCUT2D eigenvalue weighted by atomic mass is 35.5. The van der Waals surface area contributed by atoms with Crippen LogP contribution in [0.3, 0.4) is 0 Å². The summed E-state index contributed by atoms with van der Waals surface area (Å²) in [6.07, 6.45) is 6.98. The van der Waals surface area contributed by atoms with Crippen LogP contribution >= 0.6 is 11.6 Å². The van der Waals surface area contributed by atoms with Crippen molar-refractivity contribution in [2.24, 2.45) is 0 Å². The van der Waals surface area contributed by atoms with Crippen molar-refractivity contribution in [3.05, 3.63) is 65.1 Å². The molecule has 3 N–H and O–H groups in total. The van der Waals surface area contributed by atoms with Gasteiger partial charge in [-0.1, -0.05) is 36.2 Å². The van der Waals surface area contributed by atoms with E-state index in [2.05, 4.69) is 31.2 Å². The van der Waals surface area contributed by atoms with Crippen LogP contribution < -0.4 is 11.1 Å². The number of nitrogens with two attached hydrogens (primary N) is 1. The van der Waals surface area contributed by atoms with Gasteiger partial charge in [-0.25, -0.2) is 15.0 Å². The average Bonchev–Trinajstić information content (AvgIpc) is 2.74. The summed E-state index contributed by atoms with van der Waals surface area (Å²) >= 11 is 6.24. The summed E-state index contributed by atoms with van der Waals surface area (Å²) in [4.78, 5) is 15.9. The number of benzene rings is 1. The van der Waals surface area contributed by atoms with E-state index in [4.69, 9.17) is 17.3 Å². The van der Waals surface area contributed by atoms with Gasteiger partial charge in [-0.05, 0) is 43.1 Å². The molecule has 2 aromatic heterocycles. The molecule has 0 saturated carbocycles. The first-order valence-electron chi connectivity index (χ1n) is 9.89. The first-order valence-corrected chi connectivity index (χ1v) is 10.3. The monoisotopic (exact) mass is 408 g/mol. The number of aromatic nitrogens is 3. The van der Waals surface area contributed by atoms with Gasteiger partial charge in [0.1, 0.15) is 5.82 Å². The fraction of sp³-hybridized carbons (Fsp3) is 0.318. The molecule has 0 unspecified atom stereocenters. The average molecular weight is 409 g/mol. The highest BCUT2D eigenvalue weighted by Gasteiger charge is 2.28. The molecule has 6 nitrogen and oxygen atoms in total. The molecule has 1 fully saturated rings. The lowest BCUT2D eigenvalue weighted by Crippen LogP contribution is -2.34. The van der Waals surface area contributed by atoms with Gasteiger partial charge in [-0.3, -0.25) is 4.90 Å². The van der Waals surface area contributed by atoms with Crippen molar-refractivity contribution in [1.82, 2.24) is 19.9 Å². The molecule has 29 heavy (non-hydrogen) atoms. The summed E-state index contributed by atoms with van der Waals surface area (Å²) in [6, 6.07) is 12.1. The Morgan fingerprint density at radius 2 is 2.10 bits per heavy atom. The topological polar surface area (TPSA) is 80.0 Å². The van der Waals surface area contributed by atoms with Crippen LogP contribution in [0.15, 0.2) is 48.8 Å². The van der Waals surface area contributed by atoms with Crippen molar-refractivity contribution in [3.8, 4) is 11.1 Å². The van der Waals surface area contributed by atoms with E-state index >= 15 is 0 Å². The quantitative estimate of drug-likeness (QED) is 0.645. The van der Waals surface area contributed by atoms with E-state index in [0.29, 0.717) is 11.0 Å². The minimum Gasteiger partial charge on any atom is -0.373 e. The smallest absolute Gasteiger partial charge is 0.220 e. The number of nitrogens with zero attached hydrogens (tertiary/aromatic N) is 4. The van der Waals surface area contributed by atoms with Gasteiger partial charge in [0.2, 0.25) is 5.95 Å². The number of nitrogen functional groups attached to an aromatic ring is 1. The number of rotatable bonds is 5. The molecular weight excluding hydrogens is 384 g/mol. The molecule has 1 aromatic carbocycles. The predicted molar refractivity (Wildman–Crippen MR) is 118 cm³/mol. The van der Waals surface area contributed by atoms with Crippen molar-refractivity contribution >= 4 is 23.4 Å². The summed E-state index contributed by atoms with van der Waals surface area (Å²) in [7, 11) is 1.90. The number of piperidine rings is 1. The number of halogens is 1. The number of anilines is 2. The highest BCUT2D eigenvalue weighted by molar-refractivity contribution is 6.30. The van der Waals surface area contributed by atoms with Gasteiger partial charge in [0.05, 0.1) is 11.7 Å². The summed E-state index contributed by atoms with van der Waals surface area (Å²) in [5.74, 6) is 1.21.